The Morgan fingerprint density at radius 3 is 2.50 bits per heavy atom. The number of hydrogen-bond acceptors (Lipinski definition) is 5. The zero-order valence-corrected chi connectivity index (χ0v) is 5.01. The molecule has 1 atom stereocenters. The van der Waals surface area contributed by atoms with Crippen LogP contribution in [0, 0.1) is 4.91 Å². The Balaban J connectivity index is 3.62. The molecule has 0 spiro atoms. The number of aliphatic hydroxyl groups excluding tert-OH is 1. The first kappa shape index (κ1) is 7.58. The number of nitrogens with zero attached hydrogens (tertiary/aromatic N) is 1. The van der Waals surface area contributed by atoms with E-state index in [1.165, 1.54) is 6.26 Å². The van der Waals surface area contributed by atoms with Crippen LogP contribution in [0.4, 0.5) is 0 Å². The third-order valence-corrected chi connectivity index (χ3v) is 1.13. The fourth-order valence-corrected chi connectivity index (χ4v) is 0.402. The molecule has 0 amide bonds. The van der Waals surface area contributed by atoms with Crippen LogP contribution < -0.4 is 0 Å². The van der Waals surface area contributed by atoms with E-state index in [0.717, 1.165) is 11.8 Å². The number of nitroso groups, excluding NO2 is 1. The highest BCUT2D eigenvalue weighted by Gasteiger charge is 2.11. The smallest absolute Gasteiger partial charge is 0.256 e. The first-order valence-corrected chi connectivity index (χ1v) is 3.03. The van der Waals surface area contributed by atoms with Gasteiger partial charge in [0.1, 0.15) is 0 Å². The van der Waals surface area contributed by atoms with Crippen LogP contribution in [0.25, 0.3) is 0 Å². The van der Waals surface area contributed by atoms with Crippen molar-refractivity contribution in [2.75, 3.05) is 6.26 Å². The number of hydrogen-bond donors (Lipinski definition) is 1. The quantitative estimate of drug-likeness (QED) is 0.539. The standard InChI is InChI=1S/C3H5NO3S/c1-8-3(6)2(5)4-7/h2,5H,1H3/t2-/m0/s1. The minimum Gasteiger partial charge on any atom is -0.362 e. The van der Waals surface area contributed by atoms with Crippen molar-refractivity contribution in [3.63, 3.8) is 0 Å². The topological polar surface area (TPSA) is 66.7 Å². The molecule has 5 heteroatoms. The molecule has 0 aromatic carbocycles. The third-order valence-electron chi connectivity index (χ3n) is 0.512. The van der Waals surface area contributed by atoms with E-state index in [1.54, 1.807) is 0 Å². The molecule has 1 N–H and O–H groups in total. The Morgan fingerprint density at radius 2 is 2.38 bits per heavy atom. The number of thioether (sulfide) groups is 1. The molecule has 0 heterocycles. The normalized spacial score (nSPS) is 12.8. The summed E-state index contributed by atoms with van der Waals surface area (Å²) in [5.41, 5.74) is 0. The van der Waals surface area contributed by atoms with Gasteiger partial charge in [-0.25, -0.2) is 0 Å². The first-order valence-electron chi connectivity index (χ1n) is 1.80. The molecule has 0 aliphatic rings. The van der Waals surface area contributed by atoms with Crippen LogP contribution >= 0.6 is 11.8 Å². The minimum absolute atomic E-state index is 0.625. The molecule has 0 saturated carbocycles. The Bertz CT molecular complexity index is 105. The van der Waals surface area contributed by atoms with E-state index in [-0.39, 0.29) is 0 Å². The van der Waals surface area contributed by atoms with Crippen molar-refractivity contribution in [2.24, 2.45) is 5.18 Å². The van der Waals surface area contributed by atoms with Crippen LogP contribution in [0.1, 0.15) is 0 Å². The van der Waals surface area contributed by atoms with Gasteiger partial charge in [0.15, 0.2) is 0 Å². The SMILES string of the molecule is CSC(=O)[C@H](O)N=O. The lowest BCUT2D eigenvalue weighted by Gasteiger charge is -1.92. The molecule has 0 saturated heterocycles. The summed E-state index contributed by atoms with van der Waals surface area (Å²) in [4.78, 5) is 19.5. The largest absolute Gasteiger partial charge is 0.362 e. The highest BCUT2D eigenvalue weighted by atomic mass is 32.2. The van der Waals surface area contributed by atoms with Gasteiger partial charge in [0.05, 0.1) is 0 Å². The Hall–Kier alpha value is -0.420. The second kappa shape index (κ2) is 3.57. The van der Waals surface area contributed by atoms with Gasteiger partial charge in [0.2, 0.25) is 5.12 Å². The molecule has 0 fully saturated rings. The molecule has 46 valence electrons. The second-order valence-corrected chi connectivity index (χ2v) is 1.81. The molecule has 8 heavy (non-hydrogen) atoms. The van der Waals surface area contributed by atoms with E-state index in [9.17, 15) is 9.70 Å². The first-order chi connectivity index (χ1) is 3.72. The van der Waals surface area contributed by atoms with Crippen molar-refractivity contribution >= 4 is 16.9 Å². The van der Waals surface area contributed by atoms with Crippen LogP contribution in [-0.2, 0) is 4.79 Å². The maximum Gasteiger partial charge on any atom is 0.256 e. The predicted molar refractivity (Wildman–Crippen MR) is 30.3 cm³/mol. The van der Waals surface area contributed by atoms with Gasteiger partial charge in [-0.2, -0.15) is 0 Å². The summed E-state index contributed by atoms with van der Waals surface area (Å²) in [6, 6.07) is 0. The van der Waals surface area contributed by atoms with Crippen molar-refractivity contribution in [1.29, 1.82) is 0 Å². The molecule has 0 radical (unpaired) electrons. The van der Waals surface area contributed by atoms with Gasteiger partial charge in [-0.15, -0.1) is 4.91 Å². The van der Waals surface area contributed by atoms with Crippen molar-refractivity contribution in [1.82, 2.24) is 0 Å². The molecule has 0 rings (SSSR count). The lowest BCUT2D eigenvalue weighted by molar-refractivity contribution is -0.117. The third kappa shape index (κ3) is 2.04. The van der Waals surface area contributed by atoms with Gasteiger partial charge >= 0.3 is 0 Å². The zero-order valence-electron chi connectivity index (χ0n) is 4.20. The van der Waals surface area contributed by atoms with Gasteiger partial charge < -0.3 is 5.11 Å². The van der Waals surface area contributed by atoms with E-state index < -0.39 is 11.3 Å². The van der Waals surface area contributed by atoms with Gasteiger partial charge in [-0.3, -0.25) is 4.79 Å². The average Bonchev–Trinajstić information content (AvgIpc) is 1.84. The van der Waals surface area contributed by atoms with Gasteiger partial charge in [0.25, 0.3) is 6.23 Å². The fraction of sp³-hybridized carbons (Fsp3) is 0.667. The van der Waals surface area contributed by atoms with E-state index in [0.29, 0.717) is 0 Å². The highest BCUT2D eigenvalue weighted by molar-refractivity contribution is 8.13. The molecular formula is C3H5NO3S. The number of carbonyl (C=O) groups is 1. The summed E-state index contributed by atoms with van der Waals surface area (Å²) in [5, 5.41) is 9.75. The number of rotatable bonds is 2. The van der Waals surface area contributed by atoms with Gasteiger partial charge in [-0.1, -0.05) is 11.8 Å². The van der Waals surface area contributed by atoms with Crippen LogP contribution in [0.2, 0.25) is 0 Å². The molecule has 0 aromatic heterocycles. The number of carbonyl (C=O) groups excluding carboxylic acids is 1. The molecule has 0 bridgehead atoms. The van der Waals surface area contributed by atoms with E-state index in [4.69, 9.17) is 5.11 Å². The van der Waals surface area contributed by atoms with Gasteiger partial charge in [-0.05, 0) is 11.4 Å². The second-order valence-electron chi connectivity index (χ2n) is 1.00. The summed E-state index contributed by atoms with van der Waals surface area (Å²) >= 11 is 0.775. The van der Waals surface area contributed by atoms with Crippen molar-refractivity contribution in [3.05, 3.63) is 4.91 Å². The molecule has 0 aliphatic carbocycles. The lowest BCUT2D eigenvalue weighted by atomic mass is 10.7. The Morgan fingerprint density at radius 1 is 1.88 bits per heavy atom. The minimum atomic E-state index is -1.69. The van der Waals surface area contributed by atoms with Crippen molar-refractivity contribution < 1.29 is 9.90 Å². The summed E-state index contributed by atoms with van der Waals surface area (Å²) in [6.07, 6.45) is -0.221. The average molecular weight is 135 g/mol. The summed E-state index contributed by atoms with van der Waals surface area (Å²) in [5.74, 6) is 0. The van der Waals surface area contributed by atoms with E-state index >= 15 is 0 Å². The van der Waals surface area contributed by atoms with Crippen molar-refractivity contribution in [3.8, 4) is 0 Å². The zero-order chi connectivity index (χ0) is 6.57. The van der Waals surface area contributed by atoms with E-state index in [1.807, 2.05) is 0 Å². The van der Waals surface area contributed by atoms with E-state index in [2.05, 4.69) is 5.18 Å². The predicted octanol–water partition coefficient (Wildman–Crippen LogP) is -0.0392. The molecule has 4 nitrogen and oxygen atoms in total. The van der Waals surface area contributed by atoms with Crippen LogP contribution in [0.3, 0.4) is 0 Å². The van der Waals surface area contributed by atoms with Gasteiger partial charge in [0, 0.05) is 0 Å². The highest BCUT2D eigenvalue weighted by Crippen LogP contribution is 1.99. The molecule has 0 aromatic rings. The monoisotopic (exact) mass is 135 g/mol. The summed E-state index contributed by atoms with van der Waals surface area (Å²) < 4.78 is 0. The molecular weight excluding hydrogens is 130 g/mol. The molecule has 0 aliphatic heterocycles. The Kier molecular flexibility index (Phi) is 3.38. The maximum atomic E-state index is 10.2. The Labute approximate surface area is 50.2 Å². The maximum absolute atomic E-state index is 10.2. The van der Waals surface area contributed by atoms with Crippen molar-refractivity contribution in [2.45, 2.75) is 6.23 Å². The lowest BCUT2D eigenvalue weighted by Crippen LogP contribution is -2.11. The number of aliphatic hydroxyl groups is 1. The molecule has 0 unspecified atom stereocenters. The van der Waals surface area contributed by atoms with Crippen LogP contribution in [-0.4, -0.2) is 22.7 Å². The fourth-order valence-electron chi connectivity index (χ4n) is 0.148. The van der Waals surface area contributed by atoms with Crippen LogP contribution in [0.15, 0.2) is 5.18 Å². The summed E-state index contributed by atoms with van der Waals surface area (Å²) in [7, 11) is 0. The summed E-state index contributed by atoms with van der Waals surface area (Å²) in [6.45, 7) is 0. The van der Waals surface area contributed by atoms with Crippen LogP contribution in [0.5, 0.6) is 0 Å².